The van der Waals surface area contributed by atoms with Gasteiger partial charge in [-0.05, 0) is 48.6 Å². The summed E-state index contributed by atoms with van der Waals surface area (Å²) in [4.78, 5) is 11.6. The number of carboxylic acid groups (broad SMARTS) is 1. The molecule has 1 N–H and O–H groups in total. The van der Waals surface area contributed by atoms with Gasteiger partial charge >= 0.3 is 5.97 Å². The molecule has 3 rings (SSSR count). The number of aliphatic carboxylic acids is 1. The lowest BCUT2D eigenvalue weighted by Crippen LogP contribution is -2.23. The average Bonchev–Trinajstić information content (AvgIpc) is 3.21. The van der Waals surface area contributed by atoms with Gasteiger partial charge in [0.05, 0.1) is 5.41 Å². The van der Waals surface area contributed by atoms with Crippen LogP contribution in [0.25, 0.3) is 0 Å². The van der Waals surface area contributed by atoms with Gasteiger partial charge in [0.25, 0.3) is 0 Å². The van der Waals surface area contributed by atoms with Gasteiger partial charge in [-0.15, -0.1) is 0 Å². The van der Waals surface area contributed by atoms with E-state index in [1.807, 2.05) is 6.07 Å². The minimum absolute atomic E-state index is 0.556. The monoisotopic (exact) mass is 258 g/mol. The molecule has 19 heavy (non-hydrogen) atoms. The first-order chi connectivity index (χ1) is 9.13. The maximum absolute atomic E-state index is 11.6. The lowest BCUT2D eigenvalue weighted by Gasteiger charge is -2.29. The quantitative estimate of drug-likeness (QED) is 0.886. The summed E-state index contributed by atoms with van der Waals surface area (Å²) in [5.74, 6) is 0.770. The van der Waals surface area contributed by atoms with Crippen molar-refractivity contribution in [1.29, 1.82) is 0 Å². The van der Waals surface area contributed by atoms with E-state index in [-0.39, 0.29) is 0 Å². The van der Waals surface area contributed by atoms with E-state index in [9.17, 15) is 9.90 Å². The lowest BCUT2D eigenvalue weighted by molar-refractivity contribution is -0.140. The highest BCUT2D eigenvalue weighted by molar-refractivity contribution is 5.85. The zero-order chi connectivity index (χ0) is 13.5. The van der Waals surface area contributed by atoms with Crippen LogP contribution in [-0.4, -0.2) is 11.1 Å². The van der Waals surface area contributed by atoms with Crippen LogP contribution in [0.5, 0.6) is 0 Å². The Bertz CT molecular complexity index is 480. The second-order valence-electron chi connectivity index (χ2n) is 6.43. The summed E-state index contributed by atoms with van der Waals surface area (Å²) < 4.78 is 0. The summed E-state index contributed by atoms with van der Waals surface area (Å²) in [6.45, 7) is 2.32. The van der Waals surface area contributed by atoms with Crippen LogP contribution < -0.4 is 0 Å². The Morgan fingerprint density at radius 2 is 1.79 bits per heavy atom. The third kappa shape index (κ3) is 2.18. The third-order valence-corrected chi connectivity index (χ3v) is 5.09. The third-order valence-electron chi connectivity index (χ3n) is 5.09. The molecule has 2 fully saturated rings. The van der Waals surface area contributed by atoms with Crippen molar-refractivity contribution in [3.05, 3.63) is 35.4 Å². The van der Waals surface area contributed by atoms with Gasteiger partial charge < -0.3 is 5.11 Å². The zero-order valence-corrected chi connectivity index (χ0v) is 11.6. The first-order valence-corrected chi connectivity index (χ1v) is 7.46. The topological polar surface area (TPSA) is 37.3 Å². The van der Waals surface area contributed by atoms with Crippen molar-refractivity contribution in [2.24, 2.45) is 5.92 Å². The van der Waals surface area contributed by atoms with Crippen molar-refractivity contribution < 1.29 is 9.90 Å². The van der Waals surface area contributed by atoms with Crippen LogP contribution in [0.4, 0.5) is 0 Å². The number of hydrogen-bond donors (Lipinski definition) is 1. The van der Waals surface area contributed by atoms with Crippen molar-refractivity contribution >= 4 is 5.97 Å². The molecule has 0 saturated heterocycles. The van der Waals surface area contributed by atoms with Crippen LogP contribution >= 0.6 is 0 Å². The molecular weight excluding hydrogens is 236 g/mol. The predicted molar refractivity (Wildman–Crippen MR) is 75.4 cm³/mol. The predicted octanol–water partition coefficient (Wildman–Crippen LogP) is 4.10. The van der Waals surface area contributed by atoms with Gasteiger partial charge in [-0.3, -0.25) is 4.79 Å². The van der Waals surface area contributed by atoms with E-state index in [1.54, 1.807) is 0 Å². The molecule has 1 aromatic carbocycles. The van der Waals surface area contributed by atoms with Gasteiger partial charge in [0.15, 0.2) is 0 Å². The first-order valence-electron chi connectivity index (χ1n) is 7.46. The van der Waals surface area contributed by atoms with Crippen molar-refractivity contribution in [2.75, 3.05) is 0 Å². The average molecular weight is 258 g/mol. The van der Waals surface area contributed by atoms with Gasteiger partial charge in [0.1, 0.15) is 0 Å². The second kappa shape index (κ2) is 4.66. The molecule has 2 nitrogen and oxygen atoms in total. The van der Waals surface area contributed by atoms with E-state index in [0.717, 1.165) is 24.3 Å². The van der Waals surface area contributed by atoms with Crippen LogP contribution in [0.1, 0.15) is 62.5 Å². The largest absolute Gasteiger partial charge is 0.481 e. The molecule has 2 saturated carbocycles. The minimum Gasteiger partial charge on any atom is -0.481 e. The fourth-order valence-corrected chi connectivity index (χ4v) is 3.58. The molecule has 0 heterocycles. The minimum atomic E-state index is -0.635. The Balaban J connectivity index is 1.92. The molecule has 0 bridgehead atoms. The van der Waals surface area contributed by atoms with Crippen LogP contribution in [0.3, 0.4) is 0 Å². The Morgan fingerprint density at radius 1 is 1.16 bits per heavy atom. The molecule has 0 atom stereocenters. The summed E-state index contributed by atoms with van der Waals surface area (Å²) in [5.41, 5.74) is 1.86. The second-order valence-corrected chi connectivity index (χ2v) is 6.43. The molecule has 102 valence electrons. The molecule has 0 unspecified atom stereocenters. The van der Waals surface area contributed by atoms with Crippen molar-refractivity contribution in [1.82, 2.24) is 0 Å². The SMILES string of the molecule is CC1CCC(c2ccccc2C2(C(=O)O)CC2)CC1. The highest BCUT2D eigenvalue weighted by Crippen LogP contribution is 2.52. The number of carbonyl (C=O) groups is 1. The molecule has 0 spiro atoms. The van der Waals surface area contributed by atoms with Crippen molar-refractivity contribution in [3.8, 4) is 0 Å². The molecule has 2 aliphatic rings. The molecule has 2 aliphatic carbocycles. The van der Waals surface area contributed by atoms with Crippen molar-refractivity contribution in [3.63, 3.8) is 0 Å². The smallest absolute Gasteiger partial charge is 0.314 e. The van der Waals surface area contributed by atoms with E-state index in [4.69, 9.17) is 0 Å². The zero-order valence-electron chi connectivity index (χ0n) is 11.6. The van der Waals surface area contributed by atoms with Gasteiger partial charge in [-0.25, -0.2) is 0 Å². The summed E-state index contributed by atoms with van der Waals surface area (Å²) in [5, 5.41) is 9.52. The standard InChI is InChI=1S/C17H22O2/c1-12-6-8-13(9-7-12)14-4-2-3-5-15(14)17(10-11-17)16(18)19/h2-5,12-13H,6-11H2,1H3,(H,18,19). The molecule has 0 radical (unpaired) electrons. The highest BCUT2D eigenvalue weighted by Gasteiger charge is 2.53. The van der Waals surface area contributed by atoms with Gasteiger partial charge in [-0.2, -0.15) is 0 Å². The fourth-order valence-electron chi connectivity index (χ4n) is 3.58. The van der Waals surface area contributed by atoms with Gasteiger partial charge in [0, 0.05) is 0 Å². The Kier molecular flexibility index (Phi) is 3.12. The Hall–Kier alpha value is -1.31. The van der Waals surface area contributed by atoms with E-state index >= 15 is 0 Å². The Morgan fingerprint density at radius 3 is 2.37 bits per heavy atom. The van der Waals surface area contributed by atoms with Crippen LogP contribution in [0.15, 0.2) is 24.3 Å². The molecule has 0 aromatic heterocycles. The van der Waals surface area contributed by atoms with Gasteiger partial charge in [-0.1, -0.05) is 44.0 Å². The molecule has 2 heteroatoms. The number of carboxylic acids is 1. The summed E-state index contributed by atoms with van der Waals surface area (Å²) in [7, 11) is 0. The maximum atomic E-state index is 11.6. The maximum Gasteiger partial charge on any atom is 0.314 e. The molecular formula is C17H22O2. The molecule has 0 amide bonds. The lowest BCUT2D eigenvalue weighted by atomic mass is 9.76. The van der Waals surface area contributed by atoms with E-state index < -0.39 is 11.4 Å². The summed E-state index contributed by atoms with van der Waals surface area (Å²) in [6, 6.07) is 8.27. The van der Waals surface area contributed by atoms with Crippen LogP contribution in [-0.2, 0) is 10.2 Å². The number of rotatable bonds is 3. The van der Waals surface area contributed by atoms with Crippen molar-refractivity contribution in [2.45, 2.75) is 56.8 Å². The Labute approximate surface area is 114 Å². The fraction of sp³-hybridized carbons (Fsp3) is 0.588. The van der Waals surface area contributed by atoms with E-state index in [1.165, 1.54) is 31.2 Å². The number of hydrogen-bond acceptors (Lipinski definition) is 1. The van der Waals surface area contributed by atoms with E-state index in [2.05, 4.69) is 25.1 Å². The van der Waals surface area contributed by atoms with E-state index in [0.29, 0.717) is 5.92 Å². The summed E-state index contributed by atoms with van der Waals surface area (Å²) in [6.07, 6.45) is 6.60. The molecule has 1 aromatic rings. The molecule has 0 aliphatic heterocycles. The highest BCUT2D eigenvalue weighted by atomic mass is 16.4. The van der Waals surface area contributed by atoms with Gasteiger partial charge in [0.2, 0.25) is 0 Å². The van der Waals surface area contributed by atoms with Crippen LogP contribution in [0.2, 0.25) is 0 Å². The summed E-state index contributed by atoms with van der Waals surface area (Å²) >= 11 is 0. The first kappa shape index (κ1) is 12.7. The normalized spacial score (nSPS) is 28.9. The van der Waals surface area contributed by atoms with Crippen LogP contribution in [0, 0.1) is 5.92 Å². The number of benzene rings is 1.